The highest BCUT2D eigenvalue weighted by atomic mass is 32.2. The fraction of sp³-hybridized carbons (Fsp3) is 0.143. The van der Waals surface area contributed by atoms with E-state index in [1.807, 2.05) is 0 Å². The number of pyridine rings is 1. The number of hydrogen-bond acceptors (Lipinski definition) is 4. The van der Waals surface area contributed by atoms with E-state index in [9.17, 15) is 12.8 Å². The largest absolute Gasteiger partial charge is 0.260 e. The van der Waals surface area contributed by atoms with Crippen LogP contribution in [0.5, 0.6) is 0 Å². The average Bonchev–Trinajstić information content (AvgIpc) is 2.48. The molecule has 0 saturated heterocycles. The van der Waals surface area contributed by atoms with Crippen molar-refractivity contribution < 1.29 is 12.8 Å². The molecule has 1 aromatic heterocycles. The lowest BCUT2D eigenvalue weighted by Gasteiger charge is -2.17. The number of hydrogen-bond donors (Lipinski definition) is 0. The Labute approximate surface area is 122 Å². The molecule has 0 spiro atoms. The average molecular weight is 305 g/mol. The molecule has 1 heterocycles. The van der Waals surface area contributed by atoms with Gasteiger partial charge in [-0.2, -0.15) is 9.57 Å². The van der Waals surface area contributed by atoms with Crippen molar-refractivity contribution in [2.24, 2.45) is 0 Å². The van der Waals surface area contributed by atoms with Crippen molar-refractivity contribution in [2.45, 2.75) is 11.4 Å². The maximum Gasteiger partial charge on any atom is 0.244 e. The SMILES string of the molecule is CN(Cc1ccccn1)S(=O)(=O)c1cccc(F)c1C#N. The van der Waals surface area contributed by atoms with Gasteiger partial charge in [-0.05, 0) is 24.3 Å². The zero-order valence-electron chi connectivity index (χ0n) is 11.2. The fourth-order valence-electron chi connectivity index (χ4n) is 1.80. The second-order valence-corrected chi connectivity index (χ2v) is 6.32. The Kier molecular flexibility index (Phi) is 4.31. The van der Waals surface area contributed by atoms with Crippen LogP contribution in [0.25, 0.3) is 0 Å². The monoisotopic (exact) mass is 305 g/mol. The van der Waals surface area contributed by atoms with E-state index in [1.54, 1.807) is 30.5 Å². The van der Waals surface area contributed by atoms with Crippen molar-refractivity contribution in [3.63, 3.8) is 0 Å². The Balaban J connectivity index is 2.39. The highest BCUT2D eigenvalue weighted by Crippen LogP contribution is 2.22. The van der Waals surface area contributed by atoms with Gasteiger partial charge in [0.2, 0.25) is 10.0 Å². The fourth-order valence-corrected chi connectivity index (χ4v) is 3.09. The summed E-state index contributed by atoms with van der Waals surface area (Å²) in [6.45, 7) is 0.0323. The smallest absolute Gasteiger partial charge is 0.244 e. The third-order valence-electron chi connectivity index (χ3n) is 2.89. The van der Waals surface area contributed by atoms with Gasteiger partial charge in [0.1, 0.15) is 22.3 Å². The molecule has 0 amide bonds. The first-order chi connectivity index (χ1) is 9.96. The molecule has 1 aromatic carbocycles. The van der Waals surface area contributed by atoms with Crippen LogP contribution in [0.15, 0.2) is 47.5 Å². The van der Waals surface area contributed by atoms with Crippen LogP contribution in [0.3, 0.4) is 0 Å². The molecule has 108 valence electrons. The van der Waals surface area contributed by atoms with E-state index < -0.39 is 21.4 Å². The number of aromatic nitrogens is 1. The van der Waals surface area contributed by atoms with Gasteiger partial charge < -0.3 is 0 Å². The van der Waals surface area contributed by atoms with Gasteiger partial charge >= 0.3 is 0 Å². The topological polar surface area (TPSA) is 74.1 Å². The van der Waals surface area contributed by atoms with Crippen LogP contribution < -0.4 is 0 Å². The summed E-state index contributed by atoms with van der Waals surface area (Å²) in [5.41, 5.74) is 0.0730. The standard InChI is InChI=1S/C14H12FN3O2S/c1-18(10-11-5-2-3-8-17-11)21(19,20)14-7-4-6-13(15)12(14)9-16/h2-8H,10H2,1H3. The highest BCUT2D eigenvalue weighted by Gasteiger charge is 2.26. The van der Waals surface area contributed by atoms with E-state index in [1.165, 1.54) is 19.2 Å². The molecular weight excluding hydrogens is 293 g/mol. The predicted octanol–water partition coefficient (Wildman–Crippen LogP) is 1.91. The Bertz CT molecular complexity index is 786. The minimum absolute atomic E-state index is 0.0323. The van der Waals surface area contributed by atoms with Crippen LogP contribution in [0.1, 0.15) is 11.3 Å². The summed E-state index contributed by atoms with van der Waals surface area (Å²) >= 11 is 0. The lowest BCUT2D eigenvalue weighted by atomic mass is 10.2. The zero-order valence-corrected chi connectivity index (χ0v) is 12.0. The van der Waals surface area contributed by atoms with Crippen LogP contribution in [0.4, 0.5) is 4.39 Å². The summed E-state index contributed by atoms with van der Waals surface area (Å²) < 4.78 is 39.5. The van der Waals surface area contributed by atoms with Crippen molar-refractivity contribution in [1.82, 2.24) is 9.29 Å². The second kappa shape index (κ2) is 5.99. The maximum atomic E-state index is 13.6. The Hall–Kier alpha value is -2.30. The zero-order chi connectivity index (χ0) is 15.5. The minimum atomic E-state index is -3.97. The summed E-state index contributed by atoms with van der Waals surface area (Å²) in [5, 5.41) is 8.95. The molecule has 2 rings (SSSR count). The number of benzene rings is 1. The van der Waals surface area contributed by atoms with E-state index in [4.69, 9.17) is 5.26 Å². The van der Waals surface area contributed by atoms with Crippen LogP contribution in [-0.4, -0.2) is 24.8 Å². The van der Waals surface area contributed by atoms with Gasteiger partial charge in [0.25, 0.3) is 0 Å². The molecule has 5 nitrogen and oxygen atoms in total. The summed E-state index contributed by atoms with van der Waals surface area (Å²) in [4.78, 5) is 3.70. The lowest BCUT2D eigenvalue weighted by Crippen LogP contribution is -2.27. The molecule has 0 N–H and O–H groups in total. The van der Waals surface area contributed by atoms with E-state index in [2.05, 4.69) is 4.98 Å². The third kappa shape index (κ3) is 3.07. The van der Waals surface area contributed by atoms with Gasteiger partial charge in [0, 0.05) is 13.2 Å². The first-order valence-corrected chi connectivity index (χ1v) is 7.45. The number of rotatable bonds is 4. The van der Waals surface area contributed by atoms with Crippen molar-refractivity contribution >= 4 is 10.0 Å². The van der Waals surface area contributed by atoms with Gasteiger partial charge in [-0.15, -0.1) is 0 Å². The van der Waals surface area contributed by atoms with Gasteiger partial charge in [0.05, 0.1) is 12.2 Å². The lowest BCUT2D eigenvalue weighted by molar-refractivity contribution is 0.461. The van der Waals surface area contributed by atoms with Gasteiger partial charge in [-0.3, -0.25) is 4.98 Å². The van der Waals surface area contributed by atoms with Crippen LogP contribution in [0.2, 0.25) is 0 Å². The molecule has 0 fully saturated rings. The molecule has 21 heavy (non-hydrogen) atoms. The predicted molar refractivity (Wildman–Crippen MR) is 74.0 cm³/mol. The Morgan fingerprint density at radius 3 is 2.67 bits per heavy atom. The number of nitrogens with zero attached hydrogens (tertiary/aromatic N) is 3. The van der Waals surface area contributed by atoms with Crippen molar-refractivity contribution in [3.8, 4) is 6.07 Å². The van der Waals surface area contributed by atoms with E-state index in [0.29, 0.717) is 5.69 Å². The number of nitriles is 1. The highest BCUT2D eigenvalue weighted by molar-refractivity contribution is 7.89. The first kappa shape index (κ1) is 15.1. The summed E-state index contributed by atoms with van der Waals surface area (Å²) in [7, 11) is -2.61. The first-order valence-electron chi connectivity index (χ1n) is 6.01. The molecule has 0 atom stereocenters. The second-order valence-electron chi connectivity index (χ2n) is 4.31. The molecule has 0 aliphatic rings. The molecule has 0 aliphatic carbocycles. The van der Waals surface area contributed by atoms with Crippen molar-refractivity contribution in [2.75, 3.05) is 7.05 Å². The van der Waals surface area contributed by atoms with Gasteiger partial charge in [0.15, 0.2) is 0 Å². The van der Waals surface area contributed by atoms with E-state index in [-0.39, 0.29) is 11.4 Å². The molecule has 0 aliphatic heterocycles. The molecule has 7 heteroatoms. The van der Waals surface area contributed by atoms with E-state index >= 15 is 0 Å². The Morgan fingerprint density at radius 1 is 1.29 bits per heavy atom. The maximum absolute atomic E-state index is 13.6. The van der Waals surface area contributed by atoms with Crippen LogP contribution in [0, 0.1) is 17.1 Å². The molecule has 0 saturated carbocycles. The van der Waals surface area contributed by atoms with Crippen molar-refractivity contribution in [1.29, 1.82) is 5.26 Å². The summed E-state index contributed by atoms with van der Waals surface area (Å²) in [6, 6.07) is 10.3. The number of halogens is 1. The molecule has 2 aromatic rings. The summed E-state index contributed by atoms with van der Waals surface area (Å²) in [6.07, 6.45) is 1.55. The van der Waals surface area contributed by atoms with Crippen LogP contribution >= 0.6 is 0 Å². The minimum Gasteiger partial charge on any atom is -0.260 e. The summed E-state index contributed by atoms with van der Waals surface area (Å²) in [5.74, 6) is -0.857. The normalized spacial score (nSPS) is 11.3. The van der Waals surface area contributed by atoms with Crippen molar-refractivity contribution in [3.05, 3.63) is 59.7 Å². The quantitative estimate of drug-likeness (QED) is 0.865. The van der Waals surface area contributed by atoms with Crippen LogP contribution in [-0.2, 0) is 16.6 Å². The van der Waals surface area contributed by atoms with Gasteiger partial charge in [-0.25, -0.2) is 12.8 Å². The molecule has 0 unspecified atom stereocenters. The Morgan fingerprint density at radius 2 is 2.05 bits per heavy atom. The molecular formula is C14H12FN3O2S. The number of sulfonamides is 1. The van der Waals surface area contributed by atoms with Gasteiger partial charge in [-0.1, -0.05) is 12.1 Å². The van der Waals surface area contributed by atoms with E-state index in [0.717, 1.165) is 10.4 Å². The third-order valence-corrected chi connectivity index (χ3v) is 4.73. The molecule has 0 radical (unpaired) electrons. The molecule has 0 bridgehead atoms.